The van der Waals surface area contributed by atoms with Gasteiger partial charge in [0.25, 0.3) is 0 Å². The number of aldehydes is 1. The standard InChI is InChI=1S/C10H14O3/c1-13-10(12)9-4-2-8(3-5-9)6-7-11/h6-7,9H,2-5H2,1H3. The van der Waals surface area contributed by atoms with Gasteiger partial charge in [0.15, 0.2) is 0 Å². The number of hydrogen-bond acceptors (Lipinski definition) is 3. The molecule has 0 amide bonds. The molecule has 0 bridgehead atoms. The highest BCUT2D eigenvalue weighted by atomic mass is 16.5. The molecule has 0 N–H and O–H groups in total. The summed E-state index contributed by atoms with van der Waals surface area (Å²) in [7, 11) is 1.42. The van der Waals surface area contributed by atoms with Gasteiger partial charge in [-0.3, -0.25) is 9.59 Å². The highest BCUT2D eigenvalue weighted by Crippen LogP contribution is 2.28. The molecular formula is C10H14O3. The quantitative estimate of drug-likeness (QED) is 0.369. The number of methoxy groups -OCH3 is 1. The van der Waals surface area contributed by atoms with Gasteiger partial charge in [0.1, 0.15) is 6.29 Å². The molecule has 1 rings (SSSR count). The number of ether oxygens (including phenoxy) is 1. The number of carbonyl (C=O) groups is 2. The van der Waals surface area contributed by atoms with E-state index in [1.165, 1.54) is 7.11 Å². The topological polar surface area (TPSA) is 43.4 Å². The molecule has 1 aliphatic rings. The van der Waals surface area contributed by atoms with Gasteiger partial charge in [0.05, 0.1) is 13.0 Å². The molecule has 72 valence electrons. The van der Waals surface area contributed by atoms with E-state index in [2.05, 4.69) is 4.74 Å². The molecule has 1 fully saturated rings. The molecule has 3 heteroatoms. The fourth-order valence-electron chi connectivity index (χ4n) is 1.65. The summed E-state index contributed by atoms with van der Waals surface area (Å²) >= 11 is 0. The fraction of sp³-hybridized carbons (Fsp3) is 0.600. The molecule has 0 aromatic heterocycles. The summed E-state index contributed by atoms with van der Waals surface area (Å²) in [5.74, 6) is -0.0843. The van der Waals surface area contributed by atoms with Crippen molar-refractivity contribution in [2.24, 2.45) is 5.92 Å². The number of carbonyl (C=O) groups excluding carboxylic acids is 2. The maximum atomic E-state index is 11.1. The minimum absolute atomic E-state index is 0.0359. The lowest BCUT2D eigenvalue weighted by molar-refractivity contribution is -0.146. The Kier molecular flexibility index (Phi) is 3.68. The van der Waals surface area contributed by atoms with Crippen LogP contribution in [0, 0.1) is 5.92 Å². The number of allylic oxidation sites excluding steroid dienone is 2. The Bertz CT molecular complexity index is 220. The third-order valence-electron chi connectivity index (χ3n) is 2.47. The van der Waals surface area contributed by atoms with E-state index < -0.39 is 0 Å². The van der Waals surface area contributed by atoms with Gasteiger partial charge in [-0.25, -0.2) is 0 Å². The zero-order valence-corrected chi connectivity index (χ0v) is 7.79. The lowest BCUT2D eigenvalue weighted by Gasteiger charge is -2.21. The van der Waals surface area contributed by atoms with Gasteiger partial charge in [0.2, 0.25) is 0 Å². The van der Waals surface area contributed by atoms with Crippen molar-refractivity contribution >= 4 is 12.3 Å². The second kappa shape index (κ2) is 4.80. The van der Waals surface area contributed by atoms with Crippen LogP contribution in [0.5, 0.6) is 0 Å². The Balaban J connectivity index is 2.43. The second-order valence-electron chi connectivity index (χ2n) is 3.26. The first kappa shape index (κ1) is 9.96. The van der Waals surface area contributed by atoms with Crippen LogP contribution in [0.3, 0.4) is 0 Å². The van der Waals surface area contributed by atoms with Crippen LogP contribution < -0.4 is 0 Å². The van der Waals surface area contributed by atoms with Crippen LogP contribution in [0.2, 0.25) is 0 Å². The first-order valence-corrected chi connectivity index (χ1v) is 4.49. The maximum absolute atomic E-state index is 11.1. The Morgan fingerprint density at radius 3 is 2.54 bits per heavy atom. The Hall–Kier alpha value is -1.12. The number of hydrogen-bond donors (Lipinski definition) is 0. The molecule has 0 spiro atoms. The Morgan fingerprint density at radius 2 is 2.08 bits per heavy atom. The highest BCUT2D eigenvalue weighted by molar-refractivity contribution is 5.72. The van der Waals surface area contributed by atoms with E-state index in [0.29, 0.717) is 0 Å². The van der Waals surface area contributed by atoms with Gasteiger partial charge in [-0.05, 0) is 31.8 Å². The van der Waals surface area contributed by atoms with Gasteiger partial charge in [0, 0.05) is 0 Å². The van der Waals surface area contributed by atoms with Crippen LogP contribution in [0.4, 0.5) is 0 Å². The minimum atomic E-state index is -0.120. The molecule has 1 saturated carbocycles. The average Bonchev–Trinajstić information content (AvgIpc) is 2.18. The van der Waals surface area contributed by atoms with E-state index in [1.807, 2.05) is 0 Å². The van der Waals surface area contributed by atoms with Crippen LogP contribution in [0.25, 0.3) is 0 Å². The third kappa shape index (κ3) is 2.68. The van der Waals surface area contributed by atoms with Gasteiger partial charge in [-0.2, -0.15) is 0 Å². The molecule has 0 unspecified atom stereocenters. The summed E-state index contributed by atoms with van der Waals surface area (Å²) in [6.45, 7) is 0. The number of rotatable bonds is 2. The minimum Gasteiger partial charge on any atom is -0.469 e. The molecule has 0 heterocycles. The van der Waals surface area contributed by atoms with E-state index in [1.54, 1.807) is 6.08 Å². The van der Waals surface area contributed by atoms with Crippen molar-refractivity contribution in [3.05, 3.63) is 11.6 Å². The smallest absolute Gasteiger partial charge is 0.308 e. The Morgan fingerprint density at radius 1 is 1.46 bits per heavy atom. The molecule has 0 aromatic carbocycles. The zero-order valence-electron chi connectivity index (χ0n) is 7.79. The van der Waals surface area contributed by atoms with Crippen molar-refractivity contribution in [2.75, 3.05) is 7.11 Å². The summed E-state index contributed by atoms with van der Waals surface area (Å²) < 4.78 is 4.66. The summed E-state index contributed by atoms with van der Waals surface area (Å²) in [5.41, 5.74) is 1.15. The predicted octanol–water partition coefficient (Wildman–Crippen LogP) is 1.47. The zero-order chi connectivity index (χ0) is 9.68. The lowest BCUT2D eigenvalue weighted by Crippen LogP contribution is -2.19. The van der Waals surface area contributed by atoms with Crippen molar-refractivity contribution in [3.63, 3.8) is 0 Å². The first-order valence-electron chi connectivity index (χ1n) is 4.49. The van der Waals surface area contributed by atoms with Crippen molar-refractivity contribution in [1.29, 1.82) is 0 Å². The van der Waals surface area contributed by atoms with Crippen LogP contribution >= 0.6 is 0 Å². The largest absolute Gasteiger partial charge is 0.469 e. The van der Waals surface area contributed by atoms with Gasteiger partial charge in [-0.15, -0.1) is 0 Å². The summed E-state index contributed by atoms with van der Waals surface area (Å²) in [6, 6.07) is 0. The normalized spacial score (nSPS) is 22.2. The van der Waals surface area contributed by atoms with Crippen LogP contribution in [0.1, 0.15) is 25.7 Å². The van der Waals surface area contributed by atoms with Crippen LogP contribution in [0.15, 0.2) is 11.6 Å². The maximum Gasteiger partial charge on any atom is 0.308 e. The monoisotopic (exact) mass is 182 g/mol. The SMILES string of the molecule is COC(=O)C1CCC(=CC=O)CC1. The van der Waals surface area contributed by atoms with Crippen molar-refractivity contribution < 1.29 is 14.3 Å². The predicted molar refractivity (Wildman–Crippen MR) is 48.1 cm³/mol. The molecule has 0 atom stereocenters. The Labute approximate surface area is 77.8 Å². The van der Waals surface area contributed by atoms with Crippen LogP contribution in [-0.2, 0) is 14.3 Å². The van der Waals surface area contributed by atoms with E-state index in [0.717, 1.165) is 37.5 Å². The molecule has 3 nitrogen and oxygen atoms in total. The summed E-state index contributed by atoms with van der Waals surface area (Å²) in [4.78, 5) is 21.3. The van der Waals surface area contributed by atoms with Crippen molar-refractivity contribution in [1.82, 2.24) is 0 Å². The lowest BCUT2D eigenvalue weighted by atomic mass is 9.86. The highest BCUT2D eigenvalue weighted by Gasteiger charge is 2.23. The van der Waals surface area contributed by atoms with Gasteiger partial charge < -0.3 is 4.74 Å². The molecular weight excluding hydrogens is 168 g/mol. The molecule has 13 heavy (non-hydrogen) atoms. The van der Waals surface area contributed by atoms with E-state index in [4.69, 9.17) is 0 Å². The molecule has 0 saturated heterocycles. The van der Waals surface area contributed by atoms with Crippen molar-refractivity contribution in [2.45, 2.75) is 25.7 Å². The van der Waals surface area contributed by atoms with Crippen LogP contribution in [-0.4, -0.2) is 19.4 Å². The molecule has 0 aromatic rings. The molecule has 1 aliphatic carbocycles. The second-order valence-corrected chi connectivity index (χ2v) is 3.26. The summed E-state index contributed by atoms with van der Waals surface area (Å²) in [5, 5.41) is 0. The van der Waals surface area contributed by atoms with E-state index >= 15 is 0 Å². The first-order chi connectivity index (χ1) is 6.27. The van der Waals surface area contributed by atoms with Gasteiger partial charge in [-0.1, -0.05) is 5.57 Å². The third-order valence-corrected chi connectivity index (χ3v) is 2.47. The van der Waals surface area contributed by atoms with E-state index in [9.17, 15) is 9.59 Å². The molecule has 0 radical (unpaired) electrons. The fourth-order valence-corrected chi connectivity index (χ4v) is 1.65. The van der Waals surface area contributed by atoms with Crippen molar-refractivity contribution in [3.8, 4) is 0 Å². The molecule has 0 aliphatic heterocycles. The summed E-state index contributed by atoms with van der Waals surface area (Å²) in [6.07, 6.45) is 5.73. The van der Waals surface area contributed by atoms with Gasteiger partial charge >= 0.3 is 5.97 Å². The average molecular weight is 182 g/mol. The number of esters is 1. The van der Waals surface area contributed by atoms with E-state index in [-0.39, 0.29) is 11.9 Å².